The topological polar surface area (TPSA) is 40.5 Å². The molecule has 3 aromatic rings. The van der Waals surface area contributed by atoms with E-state index in [9.17, 15) is 10.2 Å². The van der Waals surface area contributed by atoms with Gasteiger partial charge in [-0.1, -0.05) is 35.9 Å². The summed E-state index contributed by atoms with van der Waals surface area (Å²) in [7, 11) is 0. The van der Waals surface area contributed by atoms with Crippen LogP contribution in [0.5, 0.6) is 11.5 Å². The molecule has 2 nitrogen and oxygen atoms in total. The highest BCUT2D eigenvalue weighted by Crippen LogP contribution is 2.35. The van der Waals surface area contributed by atoms with Crippen LogP contribution in [0.3, 0.4) is 0 Å². The lowest BCUT2D eigenvalue weighted by atomic mass is 10.0. The number of hydrogen-bond donors (Lipinski definition) is 2. The van der Waals surface area contributed by atoms with Crippen LogP contribution < -0.4 is 0 Å². The van der Waals surface area contributed by atoms with Gasteiger partial charge in [-0.3, -0.25) is 0 Å². The number of phenolic OH excluding ortho intramolecular Hbond substituents is 2. The number of rotatable bonds is 1. The van der Waals surface area contributed by atoms with Crippen molar-refractivity contribution in [3.8, 4) is 22.6 Å². The highest BCUT2D eigenvalue weighted by molar-refractivity contribution is 6.38. The lowest BCUT2D eigenvalue weighted by molar-refractivity contribution is 0.475. The quantitative estimate of drug-likeness (QED) is 0.680. The van der Waals surface area contributed by atoms with E-state index in [0.29, 0.717) is 5.02 Å². The molecule has 0 aliphatic carbocycles. The molecule has 0 unspecified atom stereocenters. The summed E-state index contributed by atoms with van der Waals surface area (Å²) >= 11 is 6.42. The Labute approximate surface area is 115 Å². The lowest BCUT2D eigenvalue weighted by Crippen LogP contribution is -1.82. The predicted octanol–water partition coefficient (Wildman–Crippen LogP) is 4.57. The number of phenols is 2. The van der Waals surface area contributed by atoms with E-state index < -0.39 is 0 Å². The first-order valence-electron chi connectivity index (χ1n) is 5.86. The number of halogens is 1. The van der Waals surface area contributed by atoms with Gasteiger partial charge in [0.15, 0.2) is 0 Å². The van der Waals surface area contributed by atoms with Crippen molar-refractivity contribution in [1.29, 1.82) is 0 Å². The molecule has 0 aliphatic heterocycles. The van der Waals surface area contributed by atoms with Crippen molar-refractivity contribution < 1.29 is 10.2 Å². The molecular formula is C16H11ClO2. The van der Waals surface area contributed by atoms with Crippen molar-refractivity contribution in [3.63, 3.8) is 0 Å². The molecule has 0 radical (unpaired) electrons. The molecular weight excluding hydrogens is 260 g/mol. The molecule has 0 amide bonds. The Bertz CT molecular complexity index is 749. The molecule has 0 bridgehead atoms. The summed E-state index contributed by atoms with van der Waals surface area (Å²) < 4.78 is 0. The van der Waals surface area contributed by atoms with Gasteiger partial charge in [-0.25, -0.2) is 0 Å². The number of aromatic hydroxyl groups is 2. The molecule has 0 saturated carbocycles. The van der Waals surface area contributed by atoms with E-state index in [-0.39, 0.29) is 11.5 Å². The number of benzene rings is 3. The van der Waals surface area contributed by atoms with Crippen LogP contribution >= 0.6 is 11.6 Å². The highest BCUT2D eigenvalue weighted by atomic mass is 35.5. The molecule has 0 aliphatic rings. The normalized spacial score (nSPS) is 10.8. The summed E-state index contributed by atoms with van der Waals surface area (Å²) in [5.41, 5.74) is 1.85. The SMILES string of the molecule is Oc1ccc(-c2ccc3cc(O)ccc3c2Cl)cc1. The molecule has 3 heteroatoms. The van der Waals surface area contributed by atoms with Crippen molar-refractivity contribution in [2.75, 3.05) is 0 Å². The van der Waals surface area contributed by atoms with Crippen LogP contribution in [0.1, 0.15) is 0 Å². The van der Waals surface area contributed by atoms with Crippen LogP contribution in [0.15, 0.2) is 54.6 Å². The van der Waals surface area contributed by atoms with E-state index in [2.05, 4.69) is 0 Å². The Morgan fingerprint density at radius 3 is 2.16 bits per heavy atom. The maximum absolute atomic E-state index is 9.47. The van der Waals surface area contributed by atoms with Crippen LogP contribution in [0.25, 0.3) is 21.9 Å². The maximum Gasteiger partial charge on any atom is 0.116 e. The highest BCUT2D eigenvalue weighted by Gasteiger charge is 2.08. The van der Waals surface area contributed by atoms with Crippen LogP contribution in [0, 0.1) is 0 Å². The van der Waals surface area contributed by atoms with E-state index >= 15 is 0 Å². The van der Waals surface area contributed by atoms with Gasteiger partial charge >= 0.3 is 0 Å². The van der Waals surface area contributed by atoms with Gasteiger partial charge < -0.3 is 10.2 Å². The van der Waals surface area contributed by atoms with E-state index in [4.69, 9.17) is 11.6 Å². The van der Waals surface area contributed by atoms with Gasteiger partial charge in [-0.15, -0.1) is 0 Å². The van der Waals surface area contributed by atoms with Crippen LogP contribution in [-0.2, 0) is 0 Å². The molecule has 19 heavy (non-hydrogen) atoms. The van der Waals surface area contributed by atoms with Crippen molar-refractivity contribution in [2.45, 2.75) is 0 Å². The molecule has 0 heterocycles. The second-order valence-electron chi connectivity index (χ2n) is 4.38. The largest absolute Gasteiger partial charge is 0.508 e. The molecule has 0 atom stereocenters. The molecule has 0 saturated heterocycles. The first-order chi connectivity index (χ1) is 9.15. The number of fused-ring (bicyclic) bond motifs is 1. The van der Waals surface area contributed by atoms with Crippen molar-refractivity contribution in [2.24, 2.45) is 0 Å². The van der Waals surface area contributed by atoms with Crippen molar-refractivity contribution in [3.05, 3.63) is 59.6 Å². The van der Waals surface area contributed by atoms with Gasteiger partial charge in [-0.05, 0) is 41.3 Å². The van der Waals surface area contributed by atoms with Crippen LogP contribution in [0.4, 0.5) is 0 Å². The van der Waals surface area contributed by atoms with E-state index in [1.165, 1.54) is 0 Å². The smallest absolute Gasteiger partial charge is 0.116 e. The summed E-state index contributed by atoms with van der Waals surface area (Å²) in [5.74, 6) is 0.450. The van der Waals surface area contributed by atoms with Crippen LogP contribution in [0.2, 0.25) is 5.02 Å². The Morgan fingerprint density at radius 1 is 0.737 bits per heavy atom. The van der Waals surface area contributed by atoms with Gasteiger partial charge in [0.05, 0.1) is 5.02 Å². The average Bonchev–Trinajstić information content (AvgIpc) is 2.40. The molecule has 3 rings (SSSR count). The third-order valence-electron chi connectivity index (χ3n) is 3.12. The molecule has 2 N–H and O–H groups in total. The van der Waals surface area contributed by atoms with Gasteiger partial charge in [-0.2, -0.15) is 0 Å². The third-order valence-corrected chi connectivity index (χ3v) is 3.52. The molecule has 94 valence electrons. The van der Waals surface area contributed by atoms with Crippen molar-refractivity contribution in [1.82, 2.24) is 0 Å². The summed E-state index contributed by atoms with van der Waals surface area (Å²) in [6, 6.07) is 15.8. The maximum atomic E-state index is 9.47. The van der Waals surface area contributed by atoms with Gasteiger partial charge in [0.25, 0.3) is 0 Å². The van der Waals surface area contributed by atoms with E-state index in [1.54, 1.807) is 30.3 Å². The first-order valence-corrected chi connectivity index (χ1v) is 6.23. The summed E-state index contributed by atoms with van der Waals surface area (Å²) in [5, 5.41) is 21.2. The molecule has 0 spiro atoms. The minimum absolute atomic E-state index is 0.223. The standard InChI is InChI=1S/C16H11ClO2/c17-16-14(10-1-4-12(18)5-2-10)7-3-11-9-13(19)6-8-15(11)16/h1-9,18-19H. The number of hydrogen-bond acceptors (Lipinski definition) is 2. The Kier molecular flexibility index (Phi) is 2.80. The second-order valence-corrected chi connectivity index (χ2v) is 4.76. The third kappa shape index (κ3) is 2.11. The van der Waals surface area contributed by atoms with E-state index in [0.717, 1.165) is 21.9 Å². The summed E-state index contributed by atoms with van der Waals surface area (Å²) in [6.07, 6.45) is 0. The van der Waals surface area contributed by atoms with Crippen LogP contribution in [-0.4, -0.2) is 10.2 Å². The molecule has 3 aromatic carbocycles. The van der Waals surface area contributed by atoms with E-state index in [1.807, 2.05) is 24.3 Å². The first kappa shape index (κ1) is 11.9. The fourth-order valence-corrected chi connectivity index (χ4v) is 2.49. The predicted molar refractivity (Wildman–Crippen MR) is 77.7 cm³/mol. The zero-order valence-electron chi connectivity index (χ0n) is 9.97. The Balaban J connectivity index is 2.22. The Hall–Kier alpha value is -2.19. The average molecular weight is 271 g/mol. The summed E-state index contributed by atoms with van der Waals surface area (Å²) in [6.45, 7) is 0. The van der Waals surface area contributed by atoms with Gasteiger partial charge in [0.2, 0.25) is 0 Å². The second kappa shape index (κ2) is 4.48. The fourth-order valence-electron chi connectivity index (χ4n) is 2.14. The zero-order chi connectivity index (χ0) is 13.4. The zero-order valence-corrected chi connectivity index (χ0v) is 10.7. The van der Waals surface area contributed by atoms with Gasteiger partial charge in [0.1, 0.15) is 11.5 Å². The minimum atomic E-state index is 0.223. The monoisotopic (exact) mass is 270 g/mol. The van der Waals surface area contributed by atoms with Gasteiger partial charge in [0, 0.05) is 10.9 Å². The summed E-state index contributed by atoms with van der Waals surface area (Å²) in [4.78, 5) is 0. The lowest BCUT2D eigenvalue weighted by Gasteiger charge is -2.08. The molecule has 0 fully saturated rings. The van der Waals surface area contributed by atoms with Crippen molar-refractivity contribution >= 4 is 22.4 Å². The molecule has 0 aromatic heterocycles. The fraction of sp³-hybridized carbons (Fsp3) is 0. The Morgan fingerprint density at radius 2 is 1.42 bits per heavy atom. The minimum Gasteiger partial charge on any atom is -0.508 e.